The quantitative estimate of drug-likeness (QED) is 0.256. The molecule has 1 aliphatic rings. The van der Waals surface area contributed by atoms with Crippen LogP contribution in [0.25, 0.3) is 22.2 Å². The topological polar surface area (TPSA) is 194 Å². The molecule has 0 radical (unpaired) electrons. The van der Waals surface area contributed by atoms with E-state index in [1.54, 1.807) is 11.5 Å². The van der Waals surface area contributed by atoms with Crippen molar-refractivity contribution in [1.82, 2.24) is 34.4 Å². The summed E-state index contributed by atoms with van der Waals surface area (Å²) in [5, 5.41) is 21.8. The van der Waals surface area contributed by atoms with Crippen molar-refractivity contribution in [2.75, 3.05) is 31.2 Å². The number of nitrogen functional groups attached to an aromatic ring is 2. The van der Waals surface area contributed by atoms with Gasteiger partial charge in [-0.25, -0.2) is 9.97 Å². The number of rotatable bonds is 5. The van der Waals surface area contributed by atoms with Gasteiger partial charge in [0, 0.05) is 19.5 Å². The average Bonchev–Trinajstić information content (AvgIpc) is 3.36. The third-order valence-electron chi connectivity index (χ3n) is 6.50. The van der Waals surface area contributed by atoms with Crippen molar-refractivity contribution in [3.05, 3.63) is 35.9 Å². The molecule has 0 aliphatic carbocycles. The van der Waals surface area contributed by atoms with Crippen molar-refractivity contribution in [3.8, 4) is 0 Å². The number of ether oxygens (including phenoxy) is 1. The number of aliphatic hydroxyl groups is 2. The van der Waals surface area contributed by atoms with E-state index < -0.39 is 17.7 Å². The van der Waals surface area contributed by atoms with Gasteiger partial charge in [0.25, 0.3) is 0 Å². The van der Waals surface area contributed by atoms with Crippen LogP contribution >= 0.6 is 0 Å². The van der Waals surface area contributed by atoms with Crippen molar-refractivity contribution in [1.29, 1.82) is 0 Å². The van der Waals surface area contributed by atoms with Gasteiger partial charge in [0.2, 0.25) is 11.9 Å². The summed E-state index contributed by atoms with van der Waals surface area (Å²) < 4.78 is 7.27. The molecule has 7 N–H and O–H groups in total. The van der Waals surface area contributed by atoms with E-state index in [1.165, 1.54) is 11.2 Å². The van der Waals surface area contributed by atoms with Crippen molar-refractivity contribution in [2.24, 2.45) is 0 Å². The number of β-amino-alcohol motifs (C(OH)–C–C–N with tert-alkyl or cyclic N) is 1. The molecule has 1 aromatic carbocycles. The number of carbonyl (C=O) groups excluding carboxylic acids is 1. The largest absolute Gasteiger partial charge is 0.391 e. The number of fused-ring (bicyclic) bond motifs is 2. The molecule has 1 amide bonds. The predicted octanol–water partition coefficient (Wildman–Crippen LogP) is 0.278. The Hall–Kier alpha value is -3.81. The number of likely N-dealkylation sites (tertiary alicyclic amines) is 1. The first kappa shape index (κ1) is 23.9. The zero-order chi connectivity index (χ0) is 25.6. The normalized spacial score (nSPS) is 22.8. The van der Waals surface area contributed by atoms with Crippen LogP contribution in [0.4, 0.5) is 11.8 Å². The van der Waals surface area contributed by atoms with E-state index in [0.717, 1.165) is 16.6 Å². The van der Waals surface area contributed by atoms with E-state index in [1.807, 2.05) is 25.1 Å². The summed E-state index contributed by atoms with van der Waals surface area (Å²) in [5.41, 5.74) is 13.8. The fraction of sp³-hybridized carbons (Fsp3) is 0.435. The van der Waals surface area contributed by atoms with Gasteiger partial charge >= 0.3 is 0 Å². The van der Waals surface area contributed by atoms with Crippen LogP contribution < -0.4 is 11.5 Å². The van der Waals surface area contributed by atoms with E-state index >= 15 is 0 Å². The molecule has 0 unspecified atom stereocenters. The molecule has 5 rings (SSSR count). The number of hydrogen-bond acceptors (Lipinski definition) is 10. The maximum Gasteiger partial charge on any atom is 0.248 e. The number of anilines is 2. The van der Waals surface area contributed by atoms with Gasteiger partial charge in [0.05, 0.1) is 35.1 Å². The number of aromatic nitrogens is 6. The first-order valence-corrected chi connectivity index (χ1v) is 11.6. The minimum Gasteiger partial charge on any atom is -0.391 e. The minimum absolute atomic E-state index is 0.0304. The maximum absolute atomic E-state index is 13.1. The highest BCUT2D eigenvalue weighted by Crippen LogP contribution is 2.34. The van der Waals surface area contributed by atoms with Gasteiger partial charge in [0.1, 0.15) is 24.6 Å². The summed E-state index contributed by atoms with van der Waals surface area (Å²) in [4.78, 5) is 34.7. The van der Waals surface area contributed by atoms with Gasteiger partial charge in [-0.3, -0.25) is 4.79 Å². The summed E-state index contributed by atoms with van der Waals surface area (Å²) in [5.74, 6) is 0.366. The number of benzene rings is 1. The molecule has 3 aromatic heterocycles. The molecule has 36 heavy (non-hydrogen) atoms. The highest BCUT2D eigenvalue weighted by Gasteiger charge is 2.42. The van der Waals surface area contributed by atoms with Gasteiger partial charge in [-0.2, -0.15) is 9.97 Å². The molecule has 0 saturated carbocycles. The number of aliphatic hydroxyl groups excluding tert-OH is 1. The number of carbonyl (C=O) groups is 1. The molecule has 1 saturated heterocycles. The molecule has 190 valence electrons. The summed E-state index contributed by atoms with van der Waals surface area (Å²) in [7, 11) is 0. The lowest BCUT2D eigenvalue weighted by Crippen LogP contribution is -2.43. The van der Waals surface area contributed by atoms with Crippen LogP contribution in [0.1, 0.15) is 30.8 Å². The Morgan fingerprint density at radius 3 is 2.89 bits per heavy atom. The third-order valence-corrected chi connectivity index (χ3v) is 6.50. The number of hydrogen-bond donors (Lipinski definition) is 5. The highest BCUT2D eigenvalue weighted by molar-refractivity contribution is 5.83. The Balaban J connectivity index is 1.33. The van der Waals surface area contributed by atoms with Crippen molar-refractivity contribution in [2.45, 2.75) is 44.6 Å². The average molecular weight is 496 g/mol. The number of amides is 1. The van der Waals surface area contributed by atoms with E-state index in [0.29, 0.717) is 17.0 Å². The zero-order valence-electron chi connectivity index (χ0n) is 20.0. The second-order valence-electron chi connectivity index (χ2n) is 9.52. The molecule has 1 aliphatic heterocycles. The summed E-state index contributed by atoms with van der Waals surface area (Å²) in [6, 6.07) is 5.21. The molecular formula is C23H29N9O4. The smallest absolute Gasteiger partial charge is 0.248 e. The molecule has 13 heteroatoms. The molecule has 0 spiro atoms. The van der Waals surface area contributed by atoms with Crippen LogP contribution in [-0.2, 0) is 16.1 Å². The van der Waals surface area contributed by atoms with Crippen LogP contribution in [0.15, 0.2) is 24.5 Å². The number of aryl methyl sites for hydroxylation is 1. The number of aromatic amines is 1. The van der Waals surface area contributed by atoms with Crippen molar-refractivity contribution >= 4 is 39.9 Å². The fourth-order valence-electron chi connectivity index (χ4n) is 4.76. The maximum atomic E-state index is 13.1. The lowest BCUT2D eigenvalue weighted by Gasteiger charge is -2.34. The number of nitrogens with two attached hydrogens (primary N) is 2. The van der Waals surface area contributed by atoms with Gasteiger partial charge < -0.3 is 40.9 Å². The van der Waals surface area contributed by atoms with E-state index in [-0.39, 0.29) is 50.4 Å². The van der Waals surface area contributed by atoms with Gasteiger partial charge in [0.15, 0.2) is 11.5 Å². The summed E-state index contributed by atoms with van der Waals surface area (Å²) in [6.07, 6.45) is 0.581. The molecule has 3 atom stereocenters. The Morgan fingerprint density at radius 1 is 1.28 bits per heavy atom. The Kier molecular flexibility index (Phi) is 5.98. The third kappa shape index (κ3) is 4.55. The lowest BCUT2D eigenvalue weighted by atomic mass is 9.91. The molecule has 0 bridgehead atoms. The molecular weight excluding hydrogens is 466 g/mol. The second-order valence-corrected chi connectivity index (χ2v) is 9.52. The Morgan fingerprint density at radius 2 is 2.08 bits per heavy atom. The SMILES string of the molecule is Cc1ccc2nc(COCC(=O)N3C[C@@H](O)C[C@@](C)(O)[C@H](n4cnc5c(N)nc(N)nc54)C3)[nH]c2c1. The monoisotopic (exact) mass is 495 g/mol. The first-order chi connectivity index (χ1) is 17.1. The molecule has 1 fully saturated rings. The predicted molar refractivity (Wildman–Crippen MR) is 131 cm³/mol. The molecule has 13 nitrogen and oxygen atoms in total. The standard InChI is InChI=1S/C23H29N9O4/c1-12-3-4-14-15(5-12)28-17(27-14)9-36-10-18(34)31-7-13(33)6-23(2,35)16(8-31)32-11-26-19-20(24)29-22(25)30-21(19)32/h3-5,11,13,16,33,35H,6-10H2,1-2H3,(H,27,28)(H4,24,25,29,30)/t13-,16+,23+/m0/s1. The van der Waals surface area contributed by atoms with Crippen molar-refractivity contribution < 1.29 is 19.7 Å². The minimum atomic E-state index is -1.39. The fourth-order valence-corrected chi connectivity index (χ4v) is 4.76. The van der Waals surface area contributed by atoms with Crippen LogP contribution in [0.5, 0.6) is 0 Å². The van der Waals surface area contributed by atoms with Crippen LogP contribution in [0.3, 0.4) is 0 Å². The van der Waals surface area contributed by atoms with E-state index in [4.69, 9.17) is 16.2 Å². The zero-order valence-corrected chi connectivity index (χ0v) is 20.0. The number of H-pyrrole nitrogens is 1. The summed E-state index contributed by atoms with van der Waals surface area (Å²) >= 11 is 0. The first-order valence-electron chi connectivity index (χ1n) is 11.6. The number of nitrogens with zero attached hydrogens (tertiary/aromatic N) is 6. The second kappa shape index (κ2) is 9.00. The van der Waals surface area contributed by atoms with Crippen LogP contribution in [0.2, 0.25) is 0 Å². The van der Waals surface area contributed by atoms with Gasteiger partial charge in [-0.15, -0.1) is 0 Å². The van der Waals surface area contributed by atoms with Gasteiger partial charge in [-0.1, -0.05) is 6.07 Å². The Labute approximate surface area is 206 Å². The summed E-state index contributed by atoms with van der Waals surface area (Å²) in [6.45, 7) is 3.65. The lowest BCUT2D eigenvalue weighted by molar-refractivity contribution is -0.138. The van der Waals surface area contributed by atoms with E-state index in [9.17, 15) is 15.0 Å². The van der Waals surface area contributed by atoms with Gasteiger partial charge in [-0.05, 0) is 31.5 Å². The molecule has 4 aromatic rings. The van der Waals surface area contributed by atoms with Crippen molar-refractivity contribution in [3.63, 3.8) is 0 Å². The highest BCUT2D eigenvalue weighted by atomic mass is 16.5. The number of nitrogens with one attached hydrogen (secondary N) is 1. The van der Waals surface area contributed by atoms with Crippen LogP contribution in [-0.4, -0.2) is 81.9 Å². The number of imidazole rings is 2. The van der Waals surface area contributed by atoms with E-state index in [2.05, 4.69) is 24.9 Å². The molecule has 4 heterocycles. The Bertz CT molecular complexity index is 1430. The van der Waals surface area contributed by atoms with Crippen LogP contribution in [0, 0.1) is 6.92 Å².